The highest BCUT2D eigenvalue weighted by molar-refractivity contribution is 5.93. The number of nitrogens with zero attached hydrogens (tertiary/aromatic N) is 2. The Morgan fingerprint density at radius 2 is 2.03 bits per heavy atom. The maximum absolute atomic E-state index is 14.3. The fourth-order valence-corrected chi connectivity index (χ4v) is 3.96. The highest BCUT2D eigenvalue weighted by atomic mass is 19.1. The van der Waals surface area contributed by atoms with Crippen molar-refractivity contribution in [3.8, 4) is 0 Å². The predicted octanol–water partition coefficient (Wildman–Crippen LogP) is 3.68. The van der Waals surface area contributed by atoms with Crippen molar-refractivity contribution in [1.82, 2.24) is 14.8 Å². The molecule has 1 aromatic heterocycles. The van der Waals surface area contributed by atoms with Crippen LogP contribution < -0.4 is 10.6 Å². The molecule has 0 aliphatic carbocycles. The molecule has 0 spiro atoms. The Morgan fingerprint density at radius 1 is 1.21 bits per heavy atom. The van der Waals surface area contributed by atoms with Crippen LogP contribution in [0.2, 0.25) is 0 Å². The Morgan fingerprint density at radius 3 is 2.83 bits per heavy atom. The number of carbonyl (C=O) groups is 2. The number of benzene rings is 2. The van der Waals surface area contributed by atoms with E-state index in [1.54, 1.807) is 18.0 Å². The van der Waals surface area contributed by atoms with Crippen LogP contribution in [0, 0.1) is 5.82 Å². The van der Waals surface area contributed by atoms with Crippen LogP contribution in [-0.4, -0.2) is 35.0 Å². The molecule has 2 N–H and O–H groups in total. The van der Waals surface area contributed by atoms with E-state index in [1.165, 1.54) is 6.07 Å². The van der Waals surface area contributed by atoms with E-state index in [0.717, 1.165) is 16.5 Å². The van der Waals surface area contributed by atoms with Crippen LogP contribution in [0.4, 0.5) is 14.9 Å². The van der Waals surface area contributed by atoms with Crippen LogP contribution >= 0.6 is 0 Å². The Bertz CT molecular complexity index is 1090. The number of aromatic nitrogens is 1. The maximum atomic E-state index is 14.3. The molecule has 3 aromatic rings. The fourth-order valence-electron chi connectivity index (χ4n) is 3.96. The first-order valence-corrected chi connectivity index (χ1v) is 9.62. The molecule has 6 nitrogen and oxygen atoms in total. The summed E-state index contributed by atoms with van der Waals surface area (Å²) >= 11 is 0. The summed E-state index contributed by atoms with van der Waals surface area (Å²) in [6, 6.07) is 11.9. The Kier molecular flexibility index (Phi) is 4.96. The number of nitrogens with one attached hydrogen (secondary N) is 2. The number of fused-ring (bicyclic) bond motifs is 2. The Labute approximate surface area is 168 Å². The lowest BCUT2D eigenvalue weighted by Crippen LogP contribution is -2.41. The molecule has 2 aromatic carbocycles. The van der Waals surface area contributed by atoms with E-state index >= 15 is 0 Å². The molecule has 150 valence electrons. The largest absolute Gasteiger partial charge is 0.358 e. The van der Waals surface area contributed by atoms with Crippen LogP contribution in [-0.2, 0) is 17.8 Å². The lowest BCUT2D eigenvalue weighted by Gasteiger charge is -2.35. The van der Waals surface area contributed by atoms with E-state index in [0.29, 0.717) is 24.2 Å². The number of rotatable bonds is 3. The first-order valence-electron chi connectivity index (χ1n) is 9.62. The van der Waals surface area contributed by atoms with E-state index in [9.17, 15) is 14.0 Å². The lowest BCUT2D eigenvalue weighted by atomic mass is 9.93. The quantitative estimate of drug-likeness (QED) is 0.712. The topological polar surface area (TPSA) is 66.4 Å². The summed E-state index contributed by atoms with van der Waals surface area (Å²) < 4.78 is 16.1. The van der Waals surface area contributed by atoms with Crippen LogP contribution in [0.25, 0.3) is 10.9 Å². The van der Waals surface area contributed by atoms with Gasteiger partial charge in [0, 0.05) is 31.0 Å². The molecule has 7 heteroatoms. The van der Waals surface area contributed by atoms with Crippen LogP contribution in [0.15, 0.2) is 48.7 Å². The van der Waals surface area contributed by atoms with E-state index < -0.39 is 0 Å². The molecule has 0 radical (unpaired) electrons. The zero-order valence-corrected chi connectivity index (χ0v) is 16.4. The molecular formula is C22H23FN4O2. The standard InChI is InChI=1S/C22H23FN4O2/c1-14-21-16(4-3-5-18(21)23)9-11-27(14)22(29)25-17-7-6-15-8-10-26(19(15)12-17)13-20(28)24-2/h3-8,10,12,14H,9,11,13H2,1-2H3,(H,24,28)(H,25,29). The highest BCUT2D eigenvalue weighted by Gasteiger charge is 2.29. The van der Waals surface area contributed by atoms with Gasteiger partial charge in [-0.3, -0.25) is 4.79 Å². The van der Waals surface area contributed by atoms with Crippen molar-refractivity contribution in [2.75, 3.05) is 18.9 Å². The van der Waals surface area contributed by atoms with Gasteiger partial charge in [0.25, 0.3) is 0 Å². The third-order valence-electron chi connectivity index (χ3n) is 5.53. The zero-order chi connectivity index (χ0) is 20.5. The Hall–Kier alpha value is -3.35. The van der Waals surface area contributed by atoms with Gasteiger partial charge in [0.1, 0.15) is 12.4 Å². The van der Waals surface area contributed by atoms with Crippen molar-refractivity contribution in [2.45, 2.75) is 25.9 Å². The normalized spacial score (nSPS) is 15.8. The van der Waals surface area contributed by atoms with Crippen LogP contribution in [0.3, 0.4) is 0 Å². The van der Waals surface area contributed by atoms with Gasteiger partial charge in [-0.05, 0) is 48.6 Å². The van der Waals surface area contributed by atoms with Gasteiger partial charge in [-0.25, -0.2) is 9.18 Å². The number of likely N-dealkylation sites (N-methyl/N-ethyl adjacent to an activating group) is 1. The van der Waals surface area contributed by atoms with Crippen molar-refractivity contribution in [2.24, 2.45) is 0 Å². The number of carbonyl (C=O) groups excluding carboxylic acids is 2. The maximum Gasteiger partial charge on any atom is 0.322 e. The fraction of sp³-hybridized carbons (Fsp3) is 0.273. The molecule has 1 unspecified atom stereocenters. The lowest BCUT2D eigenvalue weighted by molar-refractivity contribution is -0.121. The minimum absolute atomic E-state index is 0.0974. The molecule has 1 aliphatic rings. The van der Waals surface area contributed by atoms with Gasteiger partial charge >= 0.3 is 6.03 Å². The highest BCUT2D eigenvalue weighted by Crippen LogP contribution is 2.32. The van der Waals surface area contributed by atoms with E-state index in [1.807, 2.05) is 48.0 Å². The SMILES string of the molecule is CNC(=O)Cn1ccc2ccc(NC(=O)N3CCc4cccc(F)c4C3C)cc21. The number of hydrogen-bond donors (Lipinski definition) is 2. The minimum Gasteiger partial charge on any atom is -0.358 e. The molecule has 0 bridgehead atoms. The summed E-state index contributed by atoms with van der Waals surface area (Å²) in [5, 5.41) is 6.51. The van der Waals surface area contributed by atoms with E-state index in [2.05, 4.69) is 10.6 Å². The van der Waals surface area contributed by atoms with Gasteiger partial charge in [0.05, 0.1) is 11.6 Å². The summed E-state index contributed by atoms with van der Waals surface area (Å²) in [7, 11) is 1.60. The Balaban J connectivity index is 1.55. The van der Waals surface area contributed by atoms with E-state index in [4.69, 9.17) is 0 Å². The number of hydrogen-bond acceptors (Lipinski definition) is 2. The number of urea groups is 1. The summed E-state index contributed by atoms with van der Waals surface area (Å²) in [6.07, 6.45) is 2.47. The second kappa shape index (κ2) is 7.58. The summed E-state index contributed by atoms with van der Waals surface area (Å²) in [4.78, 5) is 26.3. The first kappa shape index (κ1) is 19.0. The molecule has 0 fully saturated rings. The van der Waals surface area contributed by atoms with Crippen molar-refractivity contribution in [3.63, 3.8) is 0 Å². The average molecular weight is 394 g/mol. The summed E-state index contributed by atoms with van der Waals surface area (Å²) in [6.45, 7) is 2.58. The summed E-state index contributed by atoms with van der Waals surface area (Å²) in [5.74, 6) is -0.374. The molecule has 0 saturated carbocycles. The predicted molar refractivity (Wildman–Crippen MR) is 110 cm³/mol. The molecular weight excluding hydrogens is 371 g/mol. The molecule has 1 atom stereocenters. The van der Waals surface area contributed by atoms with Gasteiger partial charge < -0.3 is 20.1 Å². The van der Waals surface area contributed by atoms with Gasteiger partial charge in [0.15, 0.2) is 0 Å². The molecule has 3 amide bonds. The first-order chi connectivity index (χ1) is 14.0. The second-order valence-electron chi connectivity index (χ2n) is 7.25. The zero-order valence-electron chi connectivity index (χ0n) is 16.4. The van der Waals surface area contributed by atoms with Gasteiger partial charge in [-0.15, -0.1) is 0 Å². The van der Waals surface area contributed by atoms with Crippen molar-refractivity contribution in [3.05, 3.63) is 65.6 Å². The molecule has 1 aliphatic heterocycles. The smallest absolute Gasteiger partial charge is 0.322 e. The van der Waals surface area contributed by atoms with Crippen molar-refractivity contribution in [1.29, 1.82) is 0 Å². The number of halogens is 1. The van der Waals surface area contributed by atoms with Crippen molar-refractivity contribution < 1.29 is 14.0 Å². The molecule has 4 rings (SSSR count). The monoisotopic (exact) mass is 394 g/mol. The van der Waals surface area contributed by atoms with Gasteiger partial charge in [-0.2, -0.15) is 0 Å². The number of amides is 3. The molecule has 0 saturated heterocycles. The molecule has 2 heterocycles. The van der Waals surface area contributed by atoms with E-state index in [-0.39, 0.29) is 30.3 Å². The third kappa shape index (κ3) is 3.55. The van der Waals surface area contributed by atoms with Crippen LogP contribution in [0.5, 0.6) is 0 Å². The minimum atomic E-state index is -0.346. The summed E-state index contributed by atoms with van der Waals surface area (Å²) in [5.41, 5.74) is 3.03. The van der Waals surface area contributed by atoms with Crippen molar-refractivity contribution >= 4 is 28.5 Å². The van der Waals surface area contributed by atoms with Gasteiger partial charge in [-0.1, -0.05) is 18.2 Å². The number of anilines is 1. The third-order valence-corrected chi connectivity index (χ3v) is 5.53. The molecule has 29 heavy (non-hydrogen) atoms. The average Bonchev–Trinajstić information content (AvgIpc) is 3.10. The van der Waals surface area contributed by atoms with Crippen LogP contribution in [0.1, 0.15) is 24.1 Å². The second-order valence-corrected chi connectivity index (χ2v) is 7.25. The van der Waals surface area contributed by atoms with Gasteiger partial charge in [0.2, 0.25) is 5.91 Å².